The van der Waals surface area contributed by atoms with Crippen molar-refractivity contribution < 1.29 is 4.79 Å². The first-order valence-corrected chi connectivity index (χ1v) is 7.82. The number of nitrogens with zero attached hydrogens (tertiary/aromatic N) is 5. The van der Waals surface area contributed by atoms with Crippen LogP contribution in [0.15, 0.2) is 61.2 Å². The Morgan fingerprint density at radius 3 is 2.40 bits per heavy atom. The van der Waals surface area contributed by atoms with Gasteiger partial charge in [0, 0.05) is 12.6 Å². The number of carbonyl (C=O) groups is 1. The van der Waals surface area contributed by atoms with Gasteiger partial charge in [-0.3, -0.25) is 4.79 Å². The molecular weight excluding hydrogens is 314 g/mol. The molecule has 1 unspecified atom stereocenters. The van der Waals surface area contributed by atoms with Crippen LogP contribution in [0.4, 0.5) is 0 Å². The fourth-order valence-corrected chi connectivity index (χ4v) is 2.54. The lowest BCUT2D eigenvalue weighted by Crippen LogP contribution is -2.29. The summed E-state index contributed by atoms with van der Waals surface area (Å²) in [6.07, 6.45) is 3.12. The van der Waals surface area contributed by atoms with Crippen molar-refractivity contribution in [2.24, 2.45) is 0 Å². The van der Waals surface area contributed by atoms with E-state index in [2.05, 4.69) is 16.2 Å². The van der Waals surface area contributed by atoms with Crippen molar-refractivity contribution >= 4 is 5.91 Å². The zero-order valence-electron chi connectivity index (χ0n) is 14.0. The van der Waals surface area contributed by atoms with E-state index in [0.29, 0.717) is 11.1 Å². The van der Waals surface area contributed by atoms with Crippen molar-refractivity contribution in [1.82, 2.24) is 19.7 Å². The summed E-state index contributed by atoms with van der Waals surface area (Å²) in [5.41, 5.74) is 3.03. The molecule has 2 aromatic carbocycles. The molecule has 25 heavy (non-hydrogen) atoms. The van der Waals surface area contributed by atoms with Gasteiger partial charge in [0.15, 0.2) is 0 Å². The molecule has 124 valence electrons. The van der Waals surface area contributed by atoms with E-state index < -0.39 is 0 Å². The molecule has 6 heteroatoms. The van der Waals surface area contributed by atoms with Crippen LogP contribution in [0.5, 0.6) is 0 Å². The summed E-state index contributed by atoms with van der Waals surface area (Å²) < 4.78 is 1.68. The fraction of sp³-hybridized carbons (Fsp3) is 0.158. The Hall–Kier alpha value is -3.46. The molecule has 0 aliphatic rings. The highest BCUT2D eigenvalue weighted by atomic mass is 16.2. The molecule has 6 nitrogen and oxygen atoms in total. The van der Waals surface area contributed by atoms with Gasteiger partial charge in [-0.05, 0) is 48.9 Å². The van der Waals surface area contributed by atoms with Crippen molar-refractivity contribution in [3.8, 4) is 11.8 Å². The second-order valence-electron chi connectivity index (χ2n) is 5.71. The zero-order chi connectivity index (χ0) is 17.8. The van der Waals surface area contributed by atoms with Gasteiger partial charge < -0.3 is 4.90 Å². The van der Waals surface area contributed by atoms with Crippen LogP contribution < -0.4 is 0 Å². The Labute approximate surface area is 146 Å². The molecule has 1 atom stereocenters. The van der Waals surface area contributed by atoms with Crippen LogP contribution >= 0.6 is 0 Å². The van der Waals surface area contributed by atoms with E-state index >= 15 is 0 Å². The van der Waals surface area contributed by atoms with Crippen molar-refractivity contribution in [3.05, 3.63) is 77.9 Å². The largest absolute Gasteiger partial charge is 0.335 e. The van der Waals surface area contributed by atoms with Gasteiger partial charge in [-0.15, -0.1) is 0 Å². The van der Waals surface area contributed by atoms with Crippen LogP contribution in [-0.2, 0) is 0 Å². The zero-order valence-corrected chi connectivity index (χ0v) is 14.0. The quantitative estimate of drug-likeness (QED) is 0.736. The SMILES string of the molecule is CC(c1ccc(-n2cncn2)cc1)N(C)C(=O)c1ccc(C#N)cc1. The molecule has 1 amide bonds. The molecule has 0 aliphatic carbocycles. The molecule has 0 bridgehead atoms. The molecule has 0 saturated heterocycles. The predicted molar refractivity (Wildman–Crippen MR) is 93.0 cm³/mol. The molecule has 0 radical (unpaired) electrons. The van der Waals surface area contributed by atoms with Crippen molar-refractivity contribution in [2.75, 3.05) is 7.05 Å². The van der Waals surface area contributed by atoms with E-state index in [0.717, 1.165) is 11.3 Å². The van der Waals surface area contributed by atoms with Crippen LogP contribution in [-0.4, -0.2) is 32.6 Å². The molecule has 0 fully saturated rings. The molecular formula is C19H17N5O. The number of amides is 1. The Morgan fingerprint density at radius 2 is 1.84 bits per heavy atom. The molecule has 0 N–H and O–H groups in total. The topological polar surface area (TPSA) is 74.8 Å². The highest BCUT2D eigenvalue weighted by molar-refractivity contribution is 5.94. The maximum absolute atomic E-state index is 12.6. The molecule has 0 spiro atoms. The second-order valence-corrected chi connectivity index (χ2v) is 5.71. The lowest BCUT2D eigenvalue weighted by atomic mass is 10.1. The summed E-state index contributed by atoms with van der Waals surface area (Å²) in [5.74, 6) is -0.0858. The Morgan fingerprint density at radius 1 is 1.16 bits per heavy atom. The first-order chi connectivity index (χ1) is 12.1. The third-order valence-electron chi connectivity index (χ3n) is 4.22. The standard InChI is InChI=1S/C19H17N5O/c1-14(16-7-9-18(10-8-16)24-13-21-12-22-24)23(2)19(25)17-5-3-15(11-20)4-6-17/h3-10,12-14H,1-2H3. The van der Waals surface area contributed by atoms with Crippen LogP contribution in [0.25, 0.3) is 5.69 Å². The normalized spacial score (nSPS) is 11.6. The summed E-state index contributed by atoms with van der Waals surface area (Å²) in [7, 11) is 1.77. The van der Waals surface area contributed by atoms with Crippen molar-refractivity contribution in [2.45, 2.75) is 13.0 Å². The average molecular weight is 331 g/mol. The number of hydrogen-bond acceptors (Lipinski definition) is 4. The predicted octanol–water partition coefficient (Wildman–Crippen LogP) is 2.97. The second kappa shape index (κ2) is 6.97. The number of carbonyl (C=O) groups excluding carboxylic acids is 1. The maximum atomic E-state index is 12.6. The van der Waals surface area contributed by atoms with Gasteiger partial charge in [-0.1, -0.05) is 12.1 Å². The highest BCUT2D eigenvalue weighted by Gasteiger charge is 2.19. The van der Waals surface area contributed by atoms with Gasteiger partial charge in [0.2, 0.25) is 0 Å². The van der Waals surface area contributed by atoms with Crippen LogP contribution in [0.3, 0.4) is 0 Å². The minimum Gasteiger partial charge on any atom is -0.335 e. The third kappa shape index (κ3) is 3.40. The number of aromatic nitrogens is 3. The minimum atomic E-state index is -0.0899. The van der Waals surface area contributed by atoms with Crippen LogP contribution in [0.2, 0.25) is 0 Å². The van der Waals surface area contributed by atoms with Crippen LogP contribution in [0, 0.1) is 11.3 Å². The Bertz CT molecular complexity index is 892. The lowest BCUT2D eigenvalue weighted by molar-refractivity contribution is 0.0742. The van der Waals surface area contributed by atoms with Crippen molar-refractivity contribution in [1.29, 1.82) is 5.26 Å². The first kappa shape index (κ1) is 16.4. The van der Waals surface area contributed by atoms with Crippen molar-refractivity contribution in [3.63, 3.8) is 0 Å². The molecule has 1 aromatic heterocycles. The number of benzene rings is 2. The van der Waals surface area contributed by atoms with E-state index in [4.69, 9.17) is 5.26 Å². The smallest absolute Gasteiger partial charge is 0.254 e. The Kier molecular flexibility index (Phi) is 4.57. The molecule has 1 heterocycles. The van der Waals surface area contributed by atoms with Gasteiger partial charge in [-0.2, -0.15) is 10.4 Å². The van der Waals surface area contributed by atoms with E-state index in [-0.39, 0.29) is 11.9 Å². The fourth-order valence-electron chi connectivity index (χ4n) is 2.54. The van der Waals surface area contributed by atoms with E-state index in [1.165, 1.54) is 6.33 Å². The van der Waals surface area contributed by atoms with Gasteiger partial charge in [0.25, 0.3) is 5.91 Å². The molecule has 3 aromatic rings. The number of rotatable bonds is 4. The number of nitriles is 1. The first-order valence-electron chi connectivity index (χ1n) is 7.82. The van der Waals surface area contributed by atoms with Crippen LogP contribution in [0.1, 0.15) is 34.5 Å². The summed E-state index contributed by atoms with van der Waals surface area (Å²) in [6.45, 7) is 1.98. The average Bonchev–Trinajstić information content (AvgIpc) is 3.21. The monoisotopic (exact) mass is 331 g/mol. The van der Waals surface area contributed by atoms with Gasteiger partial charge in [0.1, 0.15) is 12.7 Å². The lowest BCUT2D eigenvalue weighted by Gasteiger charge is -2.25. The van der Waals surface area contributed by atoms with Gasteiger partial charge in [-0.25, -0.2) is 9.67 Å². The highest BCUT2D eigenvalue weighted by Crippen LogP contribution is 2.22. The summed E-state index contributed by atoms with van der Waals surface area (Å²) in [4.78, 5) is 18.3. The third-order valence-corrected chi connectivity index (χ3v) is 4.22. The summed E-state index contributed by atoms with van der Waals surface area (Å²) >= 11 is 0. The molecule has 3 rings (SSSR count). The maximum Gasteiger partial charge on any atom is 0.254 e. The minimum absolute atomic E-state index is 0.0858. The van der Waals surface area contributed by atoms with Gasteiger partial charge >= 0.3 is 0 Å². The van der Waals surface area contributed by atoms with E-state index in [1.807, 2.05) is 31.2 Å². The van der Waals surface area contributed by atoms with Gasteiger partial charge in [0.05, 0.1) is 23.4 Å². The summed E-state index contributed by atoms with van der Waals surface area (Å²) in [6, 6.07) is 16.5. The van der Waals surface area contributed by atoms with E-state index in [9.17, 15) is 4.79 Å². The summed E-state index contributed by atoms with van der Waals surface area (Å²) in [5, 5.41) is 12.9. The molecule has 0 aliphatic heterocycles. The number of hydrogen-bond donors (Lipinski definition) is 0. The molecule has 0 saturated carbocycles. The van der Waals surface area contributed by atoms with E-state index in [1.54, 1.807) is 47.2 Å². The Balaban J connectivity index is 1.76.